The third-order valence-corrected chi connectivity index (χ3v) is 5.04. The Morgan fingerprint density at radius 2 is 1.96 bits per heavy atom. The summed E-state index contributed by atoms with van der Waals surface area (Å²) in [5.41, 5.74) is 0.650. The first-order chi connectivity index (χ1) is 11.6. The highest BCUT2D eigenvalue weighted by Gasteiger charge is 2.34. The highest BCUT2D eigenvalue weighted by atomic mass is 19.1. The number of nitrogens with one attached hydrogen (secondary N) is 1. The van der Waals surface area contributed by atoms with Crippen molar-refractivity contribution >= 4 is 11.8 Å². The average molecular weight is 332 g/mol. The van der Waals surface area contributed by atoms with Gasteiger partial charge in [0.15, 0.2) is 0 Å². The predicted octanol–water partition coefficient (Wildman–Crippen LogP) is 2.81. The van der Waals surface area contributed by atoms with Crippen LogP contribution in [0, 0.1) is 5.82 Å². The molecule has 1 saturated heterocycles. The summed E-state index contributed by atoms with van der Waals surface area (Å²) in [7, 11) is 0. The molecule has 1 aliphatic carbocycles. The Morgan fingerprint density at radius 3 is 2.67 bits per heavy atom. The van der Waals surface area contributed by atoms with Crippen LogP contribution in [0.15, 0.2) is 24.3 Å². The van der Waals surface area contributed by atoms with Gasteiger partial charge >= 0.3 is 0 Å². The zero-order valence-electron chi connectivity index (χ0n) is 14.0. The molecule has 1 heterocycles. The van der Waals surface area contributed by atoms with Crippen molar-refractivity contribution in [2.45, 2.75) is 63.5 Å². The largest absolute Gasteiger partial charge is 0.351 e. The lowest BCUT2D eigenvalue weighted by Gasteiger charge is -2.27. The van der Waals surface area contributed by atoms with Gasteiger partial charge in [0.1, 0.15) is 5.82 Å². The molecular formula is C19H25FN2O2. The van der Waals surface area contributed by atoms with Gasteiger partial charge in [0.2, 0.25) is 11.8 Å². The van der Waals surface area contributed by atoms with Gasteiger partial charge < -0.3 is 10.2 Å². The van der Waals surface area contributed by atoms with Crippen LogP contribution in [0.4, 0.5) is 4.39 Å². The molecule has 24 heavy (non-hydrogen) atoms. The van der Waals surface area contributed by atoms with Crippen LogP contribution in [-0.2, 0) is 16.0 Å². The maximum atomic E-state index is 13.2. The first-order valence-electron chi connectivity index (χ1n) is 8.95. The Balaban J connectivity index is 1.52. The van der Waals surface area contributed by atoms with Crippen LogP contribution in [0.25, 0.3) is 0 Å². The summed E-state index contributed by atoms with van der Waals surface area (Å²) in [6, 6.07) is 6.29. The summed E-state index contributed by atoms with van der Waals surface area (Å²) in [4.78, 5) is 26.4. The second-order valence-corrected chi connectivity index (χ2v) is 6.97. The van der Waals surface area contributed by atoms with Crippen molar-refractivity contribution in [3.63, 3.8) is 0 Å². The molecule has 1 aliphatic heterocycles. The van der Waals surface area contributed by atoms with Gasteiger partial charge in [0.05, 0.1) is 12.5 Å². The molecule has 0 bridgehead atoms. The molecule has 0 unspecified atom stereocenters. The Kier molecular flexibility index (Phi) is 5.48. The number of benzene rings is 1. The topological polar surface area (TPSA) is 49.4 Å². The van der Waals surface area contributed by atoms with Crippen LogP contribution in [0.2, 0.25) is 0 Å². The van der Waals surface area contributed by atoms with Crippen LogP contribution >= 0.6 is 0 Å². The standard InChI is InChI=1S/C19H25FN2O2/c20-15-7-5-6-14(10-15)11-18(23)21-16-12-19(24)22(13-16)17-8-3-1-2-4-9-17/h5-7,10,16-17H,1-4,8-9,11-13H2,(H,21,23)/t16-/m1/s1. The second-order valence-electron chi connectivity index (χ2n) is 6.97. The van der Waals surface area contributed by atoms with E-state index in [0.29, 0.717) is 24.6 Å². The highest BCUT2D eigenvalue weighted by Crippen LogP contribution is 2.25. The normalized spacial score (nSPS) is 22.5. The number of amides is 2. The van der Waals surface area contributed by atoms with E-state index in [1.54, 1.807) is 12.1 Å². The fraction of sp³-hybridized carbons (Fsp3) is 0.579. The summed E-state index contributed by atoms with van der Waals surface area (Å²) in [5.74, 6) is -0.338. The lowest BCUT2D eigenvalue weighted by atomic mass is 10.1. The van der Waals surface area contributed by atoms with Crippen molar-refractivity contribution < 1.29 is 14.0 Å². The molecule has 1 aromatic carbocycles. The van der Waals surface area contributed by atoms with E-state index in [1.165, 1.54) is 37.8 Å². The molecule has 1 N–H and O–H groups in total. The fourth-order valence-electron chi connectivity index (χ4n) is 3.86. The van der Waals surface area contributed by atoms with E-state index in [-0.39, 0.29) is 30.1 Å². The van der Waals surface area contributed by atoms with Crippen molar-refractivity contribution in [1.82, 2.24) is 10.2 Å². The van der Waals surface area contributed by atoms with Gasteiger partial charge in [-0.1, -0.05) is 37.8 Å². The number of carbonyl (C=O) groups excluding carboxylic acids is 2. The summed E-state index contributed by atoms with van der Waals surface area (Å²) < 4.78 is 13.2. The zero-order chi connectivity index (χ0) is 16.9. The quantitative estimate of drug-likeness (QED) is 0.862. The van der Waals surface area contributed by atoms with Crippen molar-refractivity contribution in [1.29, 1.82) is 0 Å². The van der Waals surface area contributed by atoms with Gasteiger partial charge in [0, 0.05) is 19.0 Å². The third-order valence-electron chi connectivity index (χ3n) is 5.04. The van der Waals surface area contributed by atoms with E-state index in [1.807, 2.05) is 4.90 Å². The average Bonchev–Trinajstić information content (AvgIpc) is 2.74. The fourth-order valence-corrected chi connectivity index (χ4v) is 3.86. The van der Waals surface area contributed by atoms with Crippen molar-refractivity contribution in [2.75, 3.05) is 6.54 Å². The Bertz CT molecular complexity index is 597. The van der Waals surface area contributed by atoms with Gasteiger partial charge in [0.25, 0.3) is 0 Å². The molecule has 0 spiro atoms. The Morgan fingerprint density at radius 1 is 1.21 bits per heavy atom. The predicted molar refractivity (Wildman–Crippen MR) is 89.9 cm³/mol. The number of nitrogens with zero attached hydrogens (tertiary/aromatic N) is 1. The molecular weight excluding hydrogens is 307 g/mol. The van der Waals surface area contributed by atoms with E-state index >= 15 is 0 Å². The maximum absolute atomic E-state index is 13.2. The van der Waals surface area contributed by atoms with E-state index < -0.39 is 0 Å². The van der Waals surface area contributed by atoms with Crippen LogP contribution < -0.4 is 5.32 Å². The first kappa shape index (κ1) is 16.9. The maximum Gasteiger partial charge on any atom is 0.225 e. The lowest BCUT2D eigenvalue weighted by molar-refractivity contribution is -0.129. The molecule has 4 nitrogen and oxygen atoms in total. The molecule has 130 valence electrons. The minimum atomic E-state index is -0.337. The SMILES string of the molecule is O=C(Cc1cccc(F)c1)N[C@@H]1CC(=O)N(C2CCCCCC2)C1. The molecule has 5 heteroatoms. The molecule has 0 radical (unpaired) electrons. The van der Waals surface area contributed by atoms with Crippen molar-refractivity contribution in [3.8, 4) is 0 Å². The summed E-state index contributed by atoms with van der Waals surface area (Å²) in [5, 5.41) is 2.94. The van der Waals surface area contributed by atoms with Gasteiger partial charge in [-0.25, -0.2) is 4.39 Å². The molecule has 1 atom stereocenters. The first-order valence-corrected chi connectivity index (χ1v) is 8.95. The molecule has 2 amide bonds. The molecule has 3 rings (SSSR count). The number of hydrogen-bond acceptors (Lipinski definition) is 2. The van der Waals surface area contributed by atoms with Crippen molar-refractivity contribution in [2.24, 2.45) is 0 Å². The van der Waals surface area contributed by atoms with E-state index in [4.69, 9.17) is 0 Å². The van der Waals surface area contributed by atoms with Crippen LogP contribution in [-0.4, -0.2) is 35.3 Å². The molecule has 2 aliphatic rings. The van der Waals surface area contributed by atoms with E-state index in [0.717, 1.165) is 12.8 Å². The zero-order valence-corrected chi connectivity index (χ0v) is 14.0. The van der Waals surface area contributed by atoms with Crippen LogP contribution in [0.3, 0.4) is 0 Å². The number of carbonyl (C=O) groups is 2. The highest BCUT2D eigenvalue weighted by molar-refractivity contribution is 5.83. The van der Waals surface area contributed by atoms with Gasteiger partial charge in [-0.3, -0.25) is 9.59 Å². The molecule has 0 aromatic heterocycles. The second kappa shape index (κ2) is 7.77. The van der Waals surface area contributed by atoms with Crippen LogP contribution in [0.5, 0.6) is 0 Å². The molecule has 2 fully saturated rings. The number of hydrogen-bond donors (Lipinski definition) is 1. The number of halogens is 1. The van der Waals surface area contributed by atoms with Crippen molar-refractivity contribution in [3.05, 3.63) is 35.6 Å². The molecule has 1 aromatic rings. The van der Waals surface area contributed by atoms with Gasteiger partial charge in [-0.05, 0) is 30.5 Å². The monoisotopic (exact) mass is 332 g/mol. The molecule has 1 saturated carbocycles. The summed E-state index contributed by atoms with van der Waals surface area (Å²) in [6.45, 7) is 0.610. The van der Waals surface area contributed by atoms with E-state index in [9.17, 15) is 14.0 Å². The third kappa shape index (κ3) is 4.34. The number of rotatable bonds is 4. The van der Waals surface area contributed by atoms with Gasteiger partial charge in [-0.2, -0.15) is 0 Å². The van der Waals surface area contributed by atoms with E-state index in [2.05, 4.69) is 5.32 Å². The Labute approximate surface area is 142 Å². The lowest BCUT2D eigenvalue weighted by Crippen LogP contribution is -2.41. The van der Waals surface area contributed by atoms with Crippen LogP contribution in [0.1, 0.15) is 50.5 Å². The Hall–Kier alpha value is -1.91. The smallest absolute Gasteiger partial charge is 0.225 e. The number of likely N-dealkylation sites (tertiary alicyclic amines) is 1. The summed E-state index contributed by atoms with van der Waals surface area (Å²) >= 11 is 0. The van der Waals surface area contributed by atoms with Gasteiger partial charge in [-0.15, -0.1) is 0 Å². The minimum absolute atomic E-state index is 0.123. The minimum Gasteiger partial charge on any atom is -0.351 e. The summed E-state index contributed by atoms with van der Waals surface area (Å²) in [6.07, 6.45) is 7.57.